The summed E-state index contributed by atoms with van der Waals surface area (Å²) in [6.07, 6.45) is -0.0586. The van der Waals surface area contributed by atoms with E-state index in [1.165, 1.54) is 4.68 Å². The molecular weight excluding hydrogens is 634 g/mol. The van der Waals surface area contributed by atoms with Crippen LogP contribution in [0.3, 0.4) is 0 Å². The van der Waals surface area contributed by atoms with Crippen molar-refractivity contribution in [2.24, 2.45) is 5.73 Å². The number of methoxy groups -OCH3 is 1. The van der Waals surface area contributed by atoms with Gasteiger partial charge in [0.1, 0.15) is 29.4 Å². The van der Waals surface area contributed by atoms with E-state index in [-0.39, 0.29) is 11.9 Å². The number of ether oxygens (including phenoxy) is 3. The van der Waals surface area contributed by atoms with Gasteiger partial charge in [-0.05, 0) is 82.0 Å². The molecule has 4 rings (SSSR count). The fourth-order valence-electron chi connectivity index (χ4n) is 4.50. The molecule has 15 nitrogen and oxygen atoms in total. The molecule has 2 unspecified atom stereocenters. The first-order valence-corrected chi connectivity index (χ1v) is 15.2. The summed E-state index contributed by atoms with van der Waals surface area (Å²) in [5.74, 6) is 0.425. The van der Waals surface area contributed by atoms with Gasteiger partial charge in [0.15, 0.2) is 17.3 Å². The summed E-state index contributed by atoms with van der Waals surface area (Å²) >= 11 is 0. The smallest absolute Gasteiger partial charge is 0.348 e. The van der Waals surface area contributed by atoms with Crippen molar-refractivity contribution in [1.82, 2.24) is 19.7 Å². The number of anilines is 1. The first-order valence-electron chi connectivity index (χ1n) is 15.2. The van der Waals surface area contributed by atoms with E-state index in [9.17, 15) is 4.79 Å². The van der Waals surface area contributed by atoms with Gasteiger partial charge in [0.05, 0.1) is 13.7 Å². The number of carboxylic acid groups (broad SMARTS) is 2. The monoisotopic (exact) mass is 679 g/mol. The van der Waals surface area contributed by atoms with Gasteiger partial charge in [0, 0.05) is 31.6 Å². The molecule has 0 spiro atoms. The van der Waals surface area contributed by atoms with Crippen LogP contribution in [0.5, 0.6) is 17.2 Å². The zero-order valence-corrected chi connectivity index (χ0v) is 28.7. The summed E-state index contributed by atoms with van der Waals surface area (Å²) in [5, 5.41) is 30.6. The van der Waals surface area contributed by atoms with E-state index in [0.29, 0.717) is 40.9 Å². The lowest BCUT2D eigenvalue weighted by Crippen LogP contribution is -2.28. The lowest BCUT2D eigenvalue weighted by molar-refractivity contribution is -0.135. The predicted molar refractivity (Wildman–Crippen MR) is 187 cm³/mol. The molecule has 0 saturated heterocycles. The Morgan fingerprint density at radius 2 is 1.63 bits per heavy atom. The Hall–Kier alpha value is -5.83. The summed E-state index contributed by atoms with van der Waals surface area (Å²) in [6.45, 7) is 7.29. The third kappa shape index (κ3) is 12.7. The van der Waals surface area contributed by atoms with Crippen molar-refractivity contribution in [3.63, 3.8) is 0 Å². The second kappa shape index (κ2) is 19.1. The van der Waals surface area contributed by atoms with Gasteiger partial charge in [-0.2, -0.15) is 4.68 Å². The highest BCUT2D eigenvalue weighted by molar-refractivity contribution is 5.95. The second-order valence-electron chi connectivity index (χ2n) is 10.8. The second-order valence-corrected chi connectivity index (χ2v) is 10.8. The number of likely N-dealkylation sites (N-methyl/N-ethyl adjacent to an activating group) is 1. The van der Waals surface area contributed by atoms with Gasteiger partial charge >= 0.3 is 5.69 Å². The summed E-state index contributed by atoms with van der Waals surface area (Å²) < 4.78 is 18.9. The zero-order valence-electron chi connectivity index (χ0n) is 28.7. The number of H-pyrrole nitrogens is 1. The van der Waals surface area contributed by atoms with Crippen LogP contribution in [0.15, 0.2) is 71.5 Å². The number of nitrogens with two attached hydrogens (primary N) is 1. The van der Waals surface area contributed by atoms with Crippen molar-refractivity contribution in [3.05, 3.63) is 94.2 Å². The molecule has 2 atom stereocenters. The van der Waals surface area contributed by atoms with Crippen LogP contribution in [-0.4, -0.2) is 88.1 Å². The van der Waals surface area contributed by atoms with Crippen LogP contribution in [0.1, 0.15) is 50.7 Å². The lowest BCUT2D eigenvalue weighted by Gasteiger charge is -2.23. The molecule has 0 bridgehead atoms. The van der Waals surface area contributed by atoms with Crippen molar-refractivity contribution in [1.29, 1.82) is 5.41 Å². The highest BCUT2D eigenvalue weighted by atomic mass is 16.5. The minimum Gasteiger partial charge on any atom is -0.494 e. The molecule has 15 heteroatoms. The summed E-state index contributed by atoms with van der Waals surface area (Å²) in [7, 11) is 5.54. The van der Waals surface area contributed by atoms with Gasteiger partial charge in [-0.15, -0.1) is 5.10 Å². The highest BCUT2D eigenvalue weighted by Gasteiger charge is 2.23. The molecule has 264 valence electrons. The van der Waals surface area contributed by atoms with Gasteiger partial charge in [0.2, 0.25) is 0 Å². The Morgan fingerprint density at radius 1 is 1.02 bits per heavy atom. The normalized spacial score (nSPS) is 11.5. The Kier molecular flexibility index (Phi) is 15.3. The quantitative estimate of drug-likeness (QED) is 0.0874. The van der Waals surface area contributed by atoms with E-state index in [1.54, 1.807) is 31.4 Å². The number of aliphatic carboxylic acids is 2. The summed E-state index contributed by atoms with van der Waals surface area (Å²) in [5.41, 5.74) is 7.88. The van der Waals surface area contributed by atoms with E-state index in [4.69, 9.17) is 45.2 Å². The SMILES string of the molecule is CC(=O)O.CC(=O)O.CCOc1cc(C(Nc2ccc(C(=N)N)cc2)c2nn(-c3ccccc3OC)c(=O)[nH]2)ccc1OC(C)CN(C)C. The Labute approximate surface area is 284 Å². The number of nitrogen functional groups attached to an aromatic ring is 1. The van der Waals surface area contributed by atoms with Crippen molar-refractivity contribution >= 4 is 23.5 Å². The number of carboxylic acids is 2. The molecule has 7 N–H and O–H groups in total. The van der Waals surface area contributed by atoms with Crippen LogP contribution in [0.2, 0.25) is 0 Å². The molecule has 0 aliphatic heterocycles. The molecule has 0 fully saturated rings. The highest BCUT2D eigenvalue weighted by Crippen LogP contribution is 2.34. The zero-order chi connectivity index (χ0) is 36.7. The number of aromatic nitrogens is 3. The molecule has 4 aromatic rings. The van der Waals surface area contributed by atoms with Crippen LogP contribution in [0, 0.1) is 5.41 Å². The fraction of sp³-hybridized carbons (Fsp3) is 0.324. The molecule has 0 saturated carbocycles. The van der Waals surface area contributed by atoms with E-state index in [2.05, 4.69) is 20.3 Å². The van der Waals surface area contributed by atoms with Crippen LogP contribution < -0.4 is 31.0 Å². The molecule has 1 heterocycles. The third-order valence-corrected chi connectivity index (χ3v) is 6.28. The summed E-state index contributed by atoms with van der Waals surface area (Å²) in [6, 6.07) is 19.4. The van der Waals surface area contributed by atoms with E-state index >= 15 is 0 Å². The number of hydrogen-bond acceptors (Lipinski definition) is 10. The van der Waals surface area contributed by atoms with Crippen molar-refractivity contribution in [3.8, 4) is 22.9 Å². The van der Waals surface area contributed by atoms with E-state index < -0.39 is 23.7 Å². The fourth-order valence-corrected chi connectivity index (χ4v) is 4.50. The van der Waals surface area contributed by atoms with Gasteiger partial charge in [-0.1, -0.05) is 18.2 Å². The lowest BCUT2D eigenvalue weighted by atomic mass is 10.0. The predicted octanol–water partition coefficient (Wildman–Crippen LogP) is 3.96. The van der Waals surface area contributed by atoms with Gasteiger partial charge in [0.25, 0.3) is 11.9 Å². The average molecular weight is 680 g/mol. The molecule has 49 heavy (non-hydrogen) atoms. The number of para-hydroxylation sites is 2. The minimum atomic E-state index is -0.833. The Bertz CT molecular complexity index is 1720. The standard InChI is InChI=1S/C30H37N7O4.2C2H4O2/c1-6-40-26-17-21(13-16-25(26)41-19(2)18-36(3)4)27(33-22-14-11-20(12-15-22)28(31)32)29-34-30(38)37(35-29)23-9-7-8-10-24(23)39-5;2*1-2(3)4/h7-17,19,27,33H,6,18H2,1-5H3,(H3,31,32)(H,34,35,38);2*1H3,(H,3,4). The molecular formula is C34H45N7O8. The van der Waals surface area contributed by atoms with E-state index in [0.717, 1.165) is 31.6 Å². The molecule has 0 radical (unpaired) electrons. The number of rotatable bonds is 13. The number of nitrogens with one attached hydrogen (secondary N) is 3. The number of amidine groups is 1. The third-order valence-electron chi connectivity index (χ3n) is 6.28. The number of benzene rings is 3. The number of hydrogen-bond donors (Lipinski definition) is 6. The maximum atomic E-state index is 13.1. The minimum absolute atomic E-state index is 0.0200. The largest absolute Gasteiger partial charge is 0.494 e. The number of aromatic amines is 1. The van der Waals surface area contributed by atoms with Gasteiger partial charge < -0.3 is 40.4 Å². The maximum absolute atomic E-state index is 13.1. The first-order chi connectivity index (χ1) is 23.2. The maximum Gasteiger partial charge on any atom is 0.348 e. The Balaban J connectivity index is 0.000000939. The van der Waals surface area contributed by atoms with Crippen LogP contribution in [0.25, 0.3) is 5.69 Å². The van der Waals surface area contributed by atoms with Crippen molar-refractivity contribution < 1.29 is 34.0 Å². The van der Waals surface area contributed by atoms with Crippen molar-refractivity contribution in [2.45, 2.75) is 39.8 Å². The molecule has 3 aromatic carbocycles. The van der Waals surface area contributed by atoms with E-state index in [1.807, 2.05) is 70.4 Å². The number of carbonyl (C=O) groups is 2. The van der Waals surface area contributed by atoms with Gasteiger partial charge in [-0.3, -0.25) is 20.0 Å². The van der Waals surface area contributed by atoms with Crippen LogP contribution >= 0.6 is 0 Å². The Morgan fingerprint density at radius 3 is 2.18 bits per heavy atom. The topological polar surface area (TPSA) is 218 Å². The molecule has 0 aliphatic carbocycles. The molecule has 0 aliphatic rings. The van der Waals surface area contributed by atoms with Crippen molar-refractivity contribution in [2.75, 3.05) is 39.7 Å². The van der Waals surface area contributed by atoms with Gasteiger partial charge in [-0.25, -0.2) is 4.79 Å². The average Bonchev–Trinajstić information content (AvgIpc) is 3.41. The number of nitrogens with zero attached hydrogens (tertiary/aromatic N) is 3. The summed E-state index contributed by atoms with van der Waals surface area (Å²) in [4.78, 5) is 36.1. The first kappa shape index (κ1) is 39.3. The molecule has 0 amide bonds. The van der Waals surface area contributed by atoms with Crippen LogP contribution in [0.4, 0.5) is 5.69 Å². The molecule has 1 aromatic heterocycles. The van der Waals surface area contributed by atoms with Crippen LogP contribution in [-0.2, 0) is 9.59 Å².